The van der Waals surface area contributed by atoms with E-state index in [0.717, 1.165) is 29.7 Å². The molecule has 2 amide bonds. The van der Waals surface area contributed by atoms with Crippen molar-refractivity contribution in [3.63, 3.8) is 0 Å². The third-order valence-electron chi connectivity index (χ3n) is 4.93. The first-order valence-corrected chi connectivity index (χ1v) is 7.37. The van der Waals surface area contributed by atoms with Gasteiger partial charge in [0.2, 0.25) is 0 Å². The number of benzene rings is 1. The number of carbonyl (C=O) groups is 2. The van der Waals surface area contributed by atoms with Gasteiger partial charge in [-0.15, -0.1) is 0 Å². The van der Waals surface area contributed by atoms with Crippen molar-refractivity contribution in [3.05, 3.63) is 29.3 Å². The fourth-order valence-corrected chi connectivity index (χ4v) is 3.64. The number of carbonyl (C=O) groups excluding carboxylic acids is 1. The van der Waals surface area contributed by atoms with Gasteiger partial charge in [0, 0.05) is 17.8 Å². The summed E-state index contributed by atoms with van der Waals surface area (Å²) in [7, 11) is 0. The minimum atomic E-state index is -0.785. The monoisotopic (exact) mass is 288 g/mol. The van der Waals surface area contributed by atoms with Crippen LogP contribution in [-0.2, 0) is 4.79 Å². The Morgan fingerprint density at radius 1 is 1.29 bits per heavy atom. The zero-order valence-electron chi connectivity index (χ0n) is 12.3. The smallest absolute Gasteiger partial charge is 0.322 e. The van der Waals surface area contributed by atoms with Crippen LogP contribution in [-0.4, -0.2) is 34.1 Å². The van der Waals surface area contributed by atoms with E-state index in [-0.39, 0.29) is 18.1 Å². The van der Waals surface area contributed by atoms with Crippen LogP contribution in [0.3, 0.4) is 0 Å². The molecule has 21 heavy (non-hydrogen) atoms. The van der Waals surface area contributed by atoms with Gasteiger partial charge in [-0.1, -0.05) is 12.1 Å². The van der Waals surface area contributed by atoms with Gasteiger partial charge in [-0.25, -0.2) is 4.79 Å². The average Bonchev–Trinajstić information content (AvgIpc) is 3.01. The van der Waals surface area contributed by atoms with Crippen LogP contribution in [0.25, 0.3) is 0 Å². The Labute approximate surface area is 123 Å². The van der Waals surface area contributed by atoms with E-state index in [1.165, 1.54) is 0 Å². The van der Waals surface area contributed by atoms with Gasteiger partial charge in [0.25, 0.3) is 0 Å². The molecule has 0 radical (unpaired) electrons. The summed E-state index contributed by atoms with van der Waals surface area (Å²) in [4.78, 5) is 25.5. The molecule has 0 spiro atoms. The zero-order valence-corrected chi connectivity index (χ0v) is 12.3. The second kappa shape index (κ2) is 5.06. The van der Waals surface area contributed by atoms with Gasteiger partial charge in [-0.05, 0) is 50.3 Å². The maximum atomic E-state index is 12.5. The summed E-state index contributed by atoms with van der Waals surface area (Å²) in [6.07, 6.45) is 2.29. The van der Waals surface area contributed by atoms with Crippen molar-refractivity contribution >= 4 is 17.7 Å². The van der Waals surface area contributed by atoms with Crippen LogP contribution >= 0.6 is 0 Å². The van der Waals surface area contributed by atoms with Crippen molar-refractivity contribution in [1.82, 2.24) is 4.90 Å². The maximum absolute atomic E-state index is 12.5. The van der Waals surface area contributed by atoms with E-state index < -0.39 is 11.9 Å². The van der Waals surface area contributed by atoms with Crippen molar-refractivity contribution in [1.29, 1.82) is 0 Å². The Hall–Kier alpha value is -2.04. The van der Waals surface area contributed by atoms with Gasteiger partial charge in [-0.3, -0.25) is 4.79 Å². The van der Waals surface area contributed by atoms with E-state index in [9.17, 15) is 14.7 Å². The Kier molecular flexibility index (Phi) is 3.35. The van der Waals surface area contributed by atoms with Gasteiger partial charge in [0.15, 0.2) is 0 Å². The van der Waals surface area contributed by atoms with Crippen molar-refractivity contribution in [2.24, 2.45) is 5.92 Å². The minimum Gasteiger partial charge on any atom is -0.481 e. The molecule has 0 aromatic heterocycles. The lowest BCUT2D eigenvalue weighted by molar-refractivity contribution is -0.142. The van der Waals surface area contributed by atoms with Gasteiger partial charge in [0.1, 0.15) is 0 Å². The molecule has 3 unspecified atom stereocenters. The molecule has 1 aromatic carbocycles. The summed E-state index contributed by atoms with van der Waals surface area (Å²) in [6, 6.07) is 5.55. The van der Waals surface area contributed by atoms with Crippen LogP contribution in [0.1, 0.15) is 30.4 Å². The Morgan fingerprint density at radius 3 is 2.71 bits per heavy atom. The number of nitrogens with zero attached hydrogens (tertiary/aromatic N) is 1. The Morgan fingerprint density at radius 2 is 2.05 bits per heavy atom. The summed E-state index contributed by atoms with van der Waals surface area (Å²) in [5.41, 5.74) is 2.98. The molecular formula is C16H20N2O3. The summed E-state index contributed by atoms with van der Waals surface area (Å²) in [6.45, 7) is 3.98. The molecule has 1 aromatic rings. The molecule has 0 aliphatic carbocycles. The van der Waals surface area contributed by atoms with Gasteiger partial charge < -0.3 is 15.3 Å². The van der Waals surface area contributed by atoms with Crippen molar-refractivity contribution < 1.29 is 14.7 Å². The van der Waals surface area contributed by atoms with E-state index >= 15 is 0 Å². The number of aliphatic carboxylic acids is 1. The van der Waals surface area contributed by atoms with Crippen LogP contribution in [0.15, 0.2) is 18.2 Å². The number of urea groups is 1. The largest absolute Gasteiger partial charge is 0.481 e. The first-order chi connectivity index (χ1) is 9.99. The lowest BCUT2D eigenvalue weighted by Crippen LogP contribution is -2.40. The van der Waals surface area contributed by atoms with Crippen molar-refractivity contribution in [2.75, 3.05) is 5.32 Å². The quantitative estimate of drug-likeness (QED) is 0.879. The number of carboxylic acids is 1. The van der Waals surface area contributed by atoms with Crippen LogP contribution in [0.2, 0.25) is 0 Å². The Balaban J connectivity index is 1.78. The predicted octanol–water partition coefficient (Wildman–Crippen LogP) is 2.77. The SMILES string of the molecule is Cc1cccc(NC(=O)N2C3CCC2C(C(=O)O)C3)c1C. The predicted molar refractivity (Wildman–Crippen MR) is 79.3 cm³/mol. The third kappa shape index (κ3) is 2.26. The molecule has 2 saturated heterocycles. The highest BCUT2D eigenvalue weighted by molar-refractivity contribution is 5.92. The molecule has 5 heteroatoms. The van der Waals surface area contributed by atoms with E-state index in [2.05, 4.69) is 5.32 Å². The van der Waals surface area contributed by atoms with E-state index in [0.29, 0.717) is 6.42 Å². The first-order valence-electron chi connectivity index (χ1n) is 7.37. The van der Waals surface area contributed by atoms with Gasteiger partial charge in [-0.2, -0.15) is 0 Å². The highest BCUT2D eigenvalue weighted by atomic mass is 16.4. The van der Waals surface area contributed by atoms with Crippen LogP contribution in [0.4, 0.5) is 10.5 Å². The van der Waals surface area contributed by atoms with Gasteiger partial charge >= 0.3 is 12.0 Å². The summed E-state index contributed by atoms with van der Waals surface area (Å²) >= 11 is 0. The number of fused-ring (bicyclic) bond motifs is 2. The molecule has 5 nitrogen and oxygen atoms in total. The fraction of sp³-hybridized carbons (Fsp3) is 0.500. The molecule has 2 N–H and O–H groups in total. The lowest BCUT2D eigenvalue weighted by atomic mass is 9.89. The minimum absolute atomic E-state index is 0.0706. The van der Waals surface area contributed by atoms with Crippen molar-refractivity contribution in [2.45, 2.75) is 45.2 Å². The molecule has 2 heterocycles. The molecule has 0 saturated carbocycles. The number of rotatable bonds is 2. The standard InChI is InChI=1S/C16H20N2O3/c1-9-4-3-5-13(10(9)2)17-16(21)18-11-6-7-14(18)12(8-11)15(19)20/h3-5,11-12,14H,6-8H2,1-2H3,(H,17,21)(H,19,20). The van der Waals surface area contributed by atoms with Gasteiger partial charge in [0.05, 0.1) is 5.92 Å². The molecule has 2 fully saturated rings. The number of nitrogens with one attached hydrogen (secondary N) is 1. The zero-order chi connectivity index (χ0) is 15.1. The van der Waals surface area contributed by atoms with Crippen LogP contribution in [0, 0.1) is 19.8 Å². The lowest BCUT2D eigenvalue weighted by Gasteiger charge is -2.24. The second-order valence-electron chi connectivity index (χ2n) is 6.06. The first kappa shape index (κ1) is 13.9. The number of anilines is 1. The number of aryl methyl sites for hydroxylation is 1. The highest BCUT2D eigenvalue weighted by Gasteiger charge is 2.51. The molecule has 112 valence electrons. The topological polar surface area (TPSA) is 69.6 Å². The van der Waals surface area contributed by atoms with E-state index in [4.69, 9.17) is 0 Å². The molecule has 2 bridgehead atoms. The number of hydrogen-bond acceptors (Lipinski definition) is 2. The molecule has 3 atom stereocenters. The second-order valence-corrected chi connectivity index (χ2v) is 6.06. The molecular weight excluding hydrogens is 268 g/mol. The van der Waals surface area contributed by atoms with Crippen LogP contribution < -0.4 is 5.32 Å². The Bertz CT molecular complexity index is 599. The molecule has 2 aliphatic heterocycles. The van der Waals surface area contributed by atoms with E-state index in [1.54, 1.807) is 4.90 Å². The number of hydrogen-bond donors (Lipinski definition) is 2. The summed E-state index contributed by atoms with van der Waals surface area (Å²) in [5, 5.41) is 12.2. The summed E-state index contributed by atoms with van der Waals surface area (Å²) in [5.74, 6) is -1.19. The molecule has 2 aliphatic rings. The molecule has 3 rings (SSSR count). The summed E-state index contributed by atoms with van der Waals surface area (Å²) < 4.78 is 0. The highest BCUT2D eigenvalue weighted by Crippen LogP contribution is 2.42. The number of carboxylic acid groups (broad SMARTS) is 1. The van der Waals surface area contributed by atoms with Crippen LogP contribution in [0.5, 0.6) is 0 Å². The average molecular weight is 288 g/mol. The normalized spacial score (nSPS) is 27.0. The van der Waals surface area contributed by atoms with Crippen molar-refractivity contribution in [3.8, 4) is 0 Å². The number of amides is 2. The van der Waals surface area contributed by atoms with E-state index in [1.807, 2.05) is 32.0 Å². The fourth-order valence-electron chi connectivity index (χ4n) is 3.64. The third-order valence-corrected chi connectivity index (χ3v) is 4.93. The maximum Gasteiger partial charge on any atom is 0.322 e.